The molecule has 1 aromatic heterocycles. The lowest BCUT2D eigenvalue weighted by Gasteiger charge is -2.19. The van der Waals surface area contributed by atoms with Crippen LogP contribution in [0.25, 0.3) is 5.69 Å². The molecular weight excluding hydrogens is 413 g/mol. The number of halogens is 1. The average molecular weight is 434 g/mol. The molecule has 0 aliphatic heterocycles. The molecule has 0 saturated heterocycles. The fourth-order valence-electron chi connectivity index (χ4n) is 3.54. The lowest BCUT2D eigenvalue weighted by atomic mass is 10.3. The number of rotatable bonds is 4. The summed E-state index contributed by atoms with van der Waals surface area (Å²) in [7, 11) is -0.589. The van der Waals surface area contributed by atoms with Gasteiger partial charge in [-0.15, -0.1) is 0 Å². The van der Waals surface area contributed by atoms with Crippen LogP contribution in [0.5, 0.6) is 0 Å². The molecule has 4 aromatic rings. The van der Waals surface area contributed by atoms with Crippen molar-refractivity contribution in [2.45, 2.75) is 13.8 Å². The zero-order valence-corrected chi connectivity index (χ0v) is 17.9. The quantitative estimate of drug-likeness (QED) is 0.368. The lowest BCUT2D eigenvalue weighted by Crippen LogP contribution is -2.21. The van der Waals surface area contributed by atoms with Gasteiger partial charge in [-0.05, 0) is 62.7 Å². The summed E-state index contributed by atoms with van der Waals surface area (Å²) in [6.07, 6.45) is 0. The Morgan fingerprint density at radius 1 is 0.704 bits per heavy atom. The molecule has 1 heterocycles. The highest BCUT2D eigenvalue weighted by atomic mass is 79.9. The van der Waals surface area contributed by atoms with Crippen molar-refractivity contribution in [3.63, 3.8) is 0 Å². The van der Waals surface area contributed by atoms with Gasteiger partial charge < -0.3 is 4.57 Å². The Morgan fingerprint density at radius 3 is 1.74 bits per heavy atom. The molecule has 3 heteroatoms. The summed E-state index contributed by atoms with van der Waals surface area (Å²) in [5, 5.41) is 4.19. The van der Waals surface area contributed by atoms with Gasteiger partial charge in [-0.1, -0.05) is 76.6 Å². The van der Waals surface area contributed by atoms with E-state index in [1.54, 1.807) is 0 Å². The minimum atomic E-state index is -0.589. The number of hydrogen-bond donors (Lipinski definition) is 0. The Bertz CT molecular complexity index is 998. The van der Waals surface area contributed by atoms with E-state index in [0.717, 1.165) is 4.47 Å². The molecule has 0 aliphatic rings. The van der Waals surface area contributed by atoms with Crippen LogP contribution >= 0.6 is 23.9 Å². The van der Waals surface area contributed by atoms with Crippen molar-refractivity contribution in [2.75, 3.05) is 0 Å². The van der Waals surface area contributed by atoms with Crippen LogP contribution in [0.4, 0.5) is 0 Å². The molecule has 0 unspecified atom stereocenters. The van der Waals surface area contributed by atoms with Gasteiger partial charge in [0.2, 0.25) is 0 Å². The van der Waals surface area contributed by atoms with Gasteiger partial charge >= 0.3 is 0 Å². The number of aromatic nitrogens is 1. The number of hydrogen-bond acceptors (Lipinski definition) is 0. The van der Waals surface area contributed by atoms with Gasteiger partial charge in [0, 0.05) is 26.9 Å². The van der Waals surface area contributed by atoms with Crippen molar-refractivity contribution in [2.24, 2.45) is 0 Å². The van der Waals surface area contributed by atoms with E-state index in [1.807, 2.05) is 0 Å². The molecule has 0 bridgehead atoms. The third-order valence-corrected chi connectivity index (χ3v) is 7.85. The van der Waals surface area contributed by atoms with E-state index >= 15 is 0 Å². The molecule has 0 spiro atoms. The first-order valence-corrected chi connectivity index (χ1v) is 11.1. The third-order valence-electron chi connectivity index (χ3n) is 4.76. The first-order chi connectivity index (χ1) is 13.1. The van der Waals surface area contributed by atoms with Gasteiger partial charge in [0.05, 0.1) is 0 Å². The molecule has 0 aliphatic carbocycles. The maximum absolute atomic E-state index is 3.54. The normalized spacial score (nSPS) is 11.1. The molecule has 4 rings (SSSR count). The predicted molar refractivity (Wildman–Crippen MR) is 122 cm³/mol. The lowest BCUT2D eigenvalue weighted by molar-refractivity contribution is 0.968. The van der Waals surface area contributed by atoms with Crippen molar-refractivity contribution < 1.29 is 0 Å². The SMILES string of the molecule is Cc1cc(P(c2ccccc2)c2ccccc2)c(C)n1-c1ccc(Br)cc1. The fourth-order valence-corrected chi connectivity index (χ4v) is 6.34. The van der Waals surface area contributed by atoms with Crippen molar-refractivity contribution in [1.29, 1.82) is 0 Å². The highest BCUT2D eigenvalue weighted by Crippen LogP contribution is 2.35. The molecule has 0 N–H and O–H groups in total. The Balaban J connectivity index is 1.89. The summed E-state index contributed by atoms with van der Waals surface area (Å²) >= 11 is 3.54. The summed E-state index contributed by atoms with van der Waals surface area (Å²) in [5.74, 6) is 0. The van der Waals surface area contributed by atoms with E-state index in [9.17, 15) is 0 Å². The van der Waals surface area contributed by atoms with Gasteiger partial charge in [0.15, 0.2) is 0 Å². The Labute approximate surface area is 170 Å². The van der Waals surface area contributed by atoms with Gasteiger partial charge in [0.1, 0.15) is 0 Å². The first-order valence-electron chi connectivity index (χ1n) is 9.00. The van der Waals surface area contributed by atoms with Gasteiger partial charge in [0.25, 0.3) is 0 Å². The van der Waals surface area contributed by atoms with Crippen LogP contribution in [0, 0.1) is 13.8 Å². The number of benzene rings is 3. The zero-order chi connectivity index (χ0) is 18.8. The molecule has 0 fully saturated rings. The van der Waals surface area contributed by atoms with Crippen molar-refractivity contribution >= 4 is 39.8 Å². The monoisotopic (exact) mass is 433 g/mol. The van der Waals surface area contributed by atoms with E-state index in [4.69, 9.17) is 0 Å². The van der Waals surface area contributed by atoms with Crippen molar-refractivity contribution in [3.8, 4) is 5.69 Å². The Kier molecular flexibility index (Phi) is 5.29. The predicted octanol–water partition coefficient (Wildman–Crippen LogP) is 5.61. The summed E-state index contributed by atoms with van der Waals surface area (Å²) in [6, 6.07) is 32.7. The standard InChI is InChI=1S/C24H21BrNP/c1-18-17-24(19(2)26(18)21-15-13-20(25)14-16-21)27(22-9-5-3-6-10-22)23-11-7-4-8-12-23/h3-17H,1-2H3. The van der Waals surface area contributed by atoms with E-state index in [2.05, 4.69) is 125 Å². The Hall–Kier alpha value is -2.15. The summed E-state index contributed by atoms with van der Waals surface area (Å²) < 4.78 is 3.47. The summed E-state index contributed by atoms with van der Waals surface area (Å²) in [4.78, 5) is 0. The number of nitrogens with zero attached hydrogens (tertiary/aromatic N) is 1. The fraction of sp³-hybridized carbons (Fsp3) is 0.0833. The second kappa shape index (κ2) is 7.84. The van der Waals surface area contributed by atoms with Crippen LogP contribution in [0.15, 0.2) is 95.5 Å². The maximum Gasteiger partial charge on any atom is 0.0455 e. The molecule has 0 saturated carbocycles. The van der Waals surface area contributed by atoms with Crippen LogP contribution in [-0.4, -0.2) is 4.57 Å². The van der Waals surface area contributed by atoms with Crippen molar-refractivity contribution in [3.05, 3.63) is 107 Å². The molecule has 134 valence electrons. The van der Waals surface area contributed by atoms with Crippen LogP contribution in [0.1, 0.15) is 11.4 Å². The second-order valence-corrected chi connectivity index (χ2v) is 9.68. The van der Waals surface area contributed by atoms with Gasteiger partial charge in [-0.3, -0.25) is 0 Å². The Morgan fingerprint density at radius 2 is 1.22 bits per heavy atom. The molecular formula is C24H21BrNP. The molecule has 27 heavy (non-hydrogen) atoms. The van der Waals surface area contributed by atoms with E-state index < -0.39 is 7.92 Å². The largest absolute Gasteiger partial charge is 0.318 e. The van der Waals surface area contributed by atoms with Gasteiger partial charge in [-0.2, -0.15) is 0 Å². The first kappa shape index (κ1) is 18.2. The van der Waals surface area contributed by atoms with E-state index in [-0.39, 0.29) is 0 Å². The number of aryl methyl sites for hydroxylation is 1. The van der Waals surface area contributed by atoms with Gasteiger partial charge in [-0.25, -0.2) is 0 Å². The van der Waals surface area contributed by atoms with E-state index in [0.29, 0.717) is 0 Å². The highest BCUT2D eigenvalue weighted by Gasteiger charge is 2.22. The van der Waals surface area contributed by atoms with Crippen molar-refractivity contribution in [1.82, 2.24) is 4.57 Å². The van der Waals surface area contributed by atoms with Crippen LogP contribution in [0.3, 0.4) is 0 Å². The van der Waals surface area contributed by atoms with Crippen LogP contribution in [0.2, 0.25) is 0 Å². The minimum Gasteiger partial charge on any atom is -0.318 e. The second-order valence-electron chi connectivity index (χ2n) is 6.57. The molecule has 1 nitrogen and oxygen atoms in total. The third kappa shape index (κ3) is 3.65. The average Bonchev–Trinajstić information content (AvgIpc) is 2.99. The summed E-state index contributed by atoms with van der Waals surface area (Å²) in [6.45, 7) is 4.44. The maximum atomic E-state index is 3.54. The van der Waals surface area contributed by atoms with Crippen LogP contribution in [-0.2, 0) is 0 Å². The summed E-state index contributed by atoms with van der Waals surface area (Å²) in [5.41, 5.74) is 3.79. The molecule has 0 amide bonds. The minimum absolute atomic E-state index is 0.589. The van der Waals surface area contributed by atoms with Crippen LogP contribution < -0.4 is 15.9 Å². The molecule has 0 radical (unpaired) electrons. The molecule has 0 atom stereocenters. The molecule has 3 aromatic carbocycles. The highest BCUT2D eigenvalue weighted by molar-refractivity contribution is 9.10. The zero-order valence-electron chi connectivity index (χ0n) is 15.4. The smallest absolute Gasteiger partial charge is 0.0455 e. The van der Waals surface area contributed by atoms with E-state index in [1.165, 1.54) is 33.0 Å². The topological polar surface area (TPSA) is 4.93 Å².